The van der Waals surface area contributed by atoms with E-state index in [4.69, 9.17) is 4.52 Å². The van der Waals surface area contributed by atoms with E-state index in [1.807, 2.05) is 0 Å². The predicted molar refractivity (Wildman–Crippen MR) is 114 cm³/mol. The number of aromatic nitrogens is 2. The molecule has 0 radical (unpaired) electrons. The highest BCUT2D eigenvalue weighted by molar-refractivity contribution is 6.05. The van der Waals surface area contributed by atoms with Crippen LogP contribution in [0.4, 0.5) is 15.8 Å². The molecular weight excluding hydrogens is 399 g/mol. The molecule has 3 aromatic carbocycles. The lowest BCUT2D eigenvalue weighted by atomic mass is 10.1. The number of rotatable bonds is 5. The van der Waals surface area contributed by atoms with Crippen LogP contribution in [0.25, 0.3) is 22.8 Å². The Kier molecular flexibility index (Phi) is 5.53. The number of amides is 2. The van der Waals surface area contributed by atoms with E-state index in [9.17, 15) is 14.0 Å². The molecule has 0 saturated heterocycles. The van der Waals surface area contributed by atoms with Gasteiger partial charge in [0.05, 0.1) is 0 Å². The molecule has 0 saturated carbocycles. The van der Waals surface area contributed by atoms with Gasteiger partial charge in [-0.2, -0.15) is 4.98 Å². The zero-order chi connectivity index (χ0) is 21.8. The molecule has 2 N–H and O–H groups in total. The first kappa shape index (κ1) is 20.0. The summed E-state index contributed by atoms with van der Waals surface area (Å²) in [5.41, 5.74) is 2.83. The van der Waals surface area contributed by atoms with Crippen LogP contribution in [0.1, 0.15) is 17.3 Å². The van der Waals surface area contributed by atoms with Gasteiger partial charge in [0.2, 0.25) is 11.7 Å². The molecule has 0 fully saturated rings. The van der Waals surface area contributed by atoms with Crippen molar-refractivity contribution in [3.05, 3.63) is 84.2 Å². The molecular formula is C23H17FN4O3. The van der Waals surface area contributed by atoms with Gasteiger partial charge < -0.3 is 15.2 Å². The fourth-order valence-electron chi connectivity index (χ4n) is 2.89. The minimum atomic E-state index is -0.351. The van der Waals surface area contributed by atoms with Crippen molar-refractivity contribution in [3.63, 3.8) is 0 Å². The van der Waals surface area contributed by atoms with Crippen LogP contribution in [0.5, 0.6) is 0 Å². The van der Waals surface area contributed by atoms with Crippen LogP contribution in [0.15, 0.2) is 77.3 Å². The maximum atomic E-state index is 13.1. The van der Waals surface area contributed by atoms with Gasteiger partial charge in [0.1, 0.15) is 5.82 Å². The molecule has 4 rings (SSSR count). The summed E-state index contributed by atoms with van der Waals surface area (Å²) in [6.07, 6.45) is 0. The van der Waals surface area contributed by atoms with Gasteiger partial charge in [-0.25, -0.2) is 4.39 Å². The van der Waals surface area contributed by atoms with E-state index in [1.54, 1.807) is 60.7 Å². The van der Waals surface area contributed by atoms with Gasteiger partial charge >= 0.3 is 0 Å². The largest absolute Gasteiger partial charge is 0.334 e. The summed E-state index contributed by atoms with van der Waals surface area (Å²) in [6.45, 7) is 1.43. The molecule has 0 aliphatic heterocycles. The lowest BCUT2D eigenvalue weighted by Gasteiger charge is -2.07. The van der Waals surface area contributed by atoms with Crippen molar-refractivity contribution < 1.29 is 18.5 Å². The first-order valence-electron chi connectivity index (χ1n) is 9.37. The fraction of sp³-hybridized carbons (Fsp3) is 0.0435. The van der Waals surface area contributed by atoms with E-state index in [-0.39, 0.29) is 23.5 Å². The number of hydrogen-bond acceptors (Lipinski definition) is 5. The molecule has 0 aliphatic rings. The Hall–Kier alpha value is -4.33. The predicted octanol–water partition coefficient (Wildman–Crippen LogP) is 4.75. The SMILES string of the molecule is CC(=O)Nc1ccc(NC(=O)c2cccc(-c3nc(-c4ccc(F)cc4)no3)c2)cc1. The van der Waals surface area contributed by atoms with Gasteiger partial charge in [0.15, 0.2) is 0 Å². The first-order chi connectivity index (χ1) is 15.0. The summed E-state index contributed by atoms with van der Waals surface area (Å²) >= 11 is 0. The second-order valence-corrected chi connectivity index (χ2v) is 6.72. The quantitative estimate of drug-likeness (QED) is 0.489. The zero-order valence-electron chi connectivity index (χ0n) is 16.4. The van der Waals surface area contributed by atoms with Crippen molar-refractivity contribution in [2.45, 2.75) is 6.92 Å². The van der Waals surface area contributed by atoms with E-state index in [1.165, 1.54) is 19.1 Å². The van der Waals surface area contributed by atoms with Crippen molar-refractivity contribution in [2.75, 3.05) is 10.6 Å². The average Bonchev–Trinajstić information content (AvgIpc) is 3.26. The lowest BCUT2D eigenvalue weighted by molar-refractivity contribution is -0.114. The van der Waals surface area contributed by atoms with E-state index < -0.39 is 0 Å². The van der Waals surface area contributed by atoms with Crippen molar-refractivity contribution in [3.8, 4) is 22.8 Å². The van der Waals surface area contributed by atoms with E-state index in [0.717, 1.165) is 0 Å². The summed E-state index contributed by atoms with van der Waals surface area (Å²) in [7, 11) is 0. The normalized spacial score (nSPS) is 10.5. The highest BCUT2D eigenvalue weighted by atomic mass is 19.1. The molecule has 7 nitrogen and oxygen atoms in total. The smallest absolute Gasteiger partial charge is 0.258 e. The molecule has 0 bridgehead atoms. The summed E-state index contributed by atoms with van der Waals surface area (Å²) in [5, 5.41) is 9.39. The number of anilines is 2. The molecule has 1 heterocycles. The summed E-state index contributed by atoms with van der Waals surface area (Å²) in [5.74, 6) is -0.265. The highest BCUT2D eigenvalue weighted by Gasteiger charge is 2.13. The van der Waals surface area contributed by atoms with Crippen molar-refractivity contribution in [1.29, 1.82) is 0 Å². The molecule has 4 aromatic rings. The maximum absolute atomic E-state index is 13.1. The Morgan fingerprint density at radius 2 is 1.55 bits per heavy atom. The number of hydrogen-bond donors (Lipinski definition) is 2. The molecule has 0 atom stereocenters. The van der Waals surface area contributed by atoms with E-state index >= 15 is 0 Å². The Balaban J connectivity index is 1.50. The number of nitrogens with one attached hydrogen (secondary N) is 2. The molecule has 0 spiro atoms. The molecule has 8 heteroatoms. The van der Waals surface area contributed by atoms with Crippen molar-refractivity contribution in [1.82, 2.24) is 10.1 Å². The fourth-order valence-corrected chi connectivity index (χ4v) is 2.89. The number of carbonyl (C=O) groups is 2. The summed E-state index contributed by atoms with van der Waals surface area (Å²) in [4.78, 5) is 28.1. The third kappa shape index (κ3) is 4.81. The monoisotopic (exact) mass is 416 g/mol. The molecule has 0 aliphatic carbocycles. The Morgan fingerprint density at radius 1 is 0.871 bits per heavy atom. The molecule has 0 unspecified atom stereocenters. The van der Waals surface area contributed by atoms with Crippen LogP contribution in [-0.2, 0) is 4.79 Å². The van der Waals surface area contributed by atoms with Crippen LogP contribution in [-0.4, -0.2) is 22.0 Å². The maximum Gasteiger partial charge on any atom is 0.258 e. The molecule has 1 aromatic heterocycles. The van der Waals surface area contributed by atoms with Gasteiger partial charge in [-0.3, -0.25) is 9.59 Å². The van der Waals surface area contributed by atoms with Gasteiger partial charge in [0.25, 0.3) is 11.8 Å². The molecule has 154 valence electrons. The third-order valence-electron chi connectivity index (χ3n) is 4.36. The Bertz CT molecular complexity index is 1230. The second-order valence-electron chi connectivity index (χ2n) is 6.72. The number of benzene rings is 3. The van der Waals surface area contributed by atoms with Gasteiger partial charge in [-0.05, 0) is 66.7 Å². The topological polar surface area (TPSA) is 97.1 Å². The van der Waals surface area contributed by atoms with Gasteiger partial charge in [-0.15, -0.1) is 0 Å². The van der Waals surface area contributed by atoms with Crippen LogP contribution in [0, 0.1) is 5.82 Å². The first-order valence-corrected chi connectivity index (χ1v) is 9.37. The van der Waals surface area contributed by atoms with Crippen molar-refractivity contribution in [2.24, 2.45) is 0 Å². The van der Waals surface area contributed by atoms with E-state index in [0.29, 0.717) is 33.9 Å². The van der Waals surface area contributed by atoms with Gasteiger partial charge in [-0.1, -0.05) is 11.2 Å². The van der Waals surface area contributed by atoms with Gasteiger partial charge in [0, 0.05) is 35.0 Å². The Labute approximate surface area is 176 Å². The van der Waals surface area contributed by atoms with Crippen LogP contribution in [0.2, 0.25) is 0 Å². The minimum absolute atomic E-state index is 0.169. The minimum Gasteiger partial charge on any atom is -0.334 e. The second kappa shape index (κ2) is 8.58. The summed E-state index contributed by atoms with van der Waals surface area (Å²) < 4.78 is 18.4. The Morgan fingerprint density at radius 3 is 2.23 bits per heavy atom. The van der Waals surface area contributed by atoms with Crippen LogP contribution in [0.3, 0.4) is 0 Å². The van der Waals surface area contributed by atoms with E-state index in [2.05, 4.69) is 20.8 Å². The number of carbonyl (C=O) groups excluding carboxylic acids is 2. The average molecular weight is 416 g/mol. The van der Waals surface area contributed by atoms with Crippen LogP contribution < -0.4 is 10.6 Å². The molecule has 2 amide bonds. The highest BCUT2D eigenvalue weighted by Crippen LogP contribution is 2.24. The lowest BCUT2D eigenvalue weighted by Crippen LogP contribution is -2.12. The number of nitrogens with zero attached hydrogens (tertiary/aromatic N) is 2. The van der Waals surface area contributed by atoms with Crippen molar-refractivity contribution >= 4 is 23.2 Å². The zero-order valence-corrected chi connectivity index (χ0v) is 16.4. The molecule has 31 heavy (non-hydrogen) atoms. The summed E-state index contributed by atoms with van der Waals surface area (Å²) in [6, 6.07) is 19.3. The van der Waals surface area contributed by atoms with Crippen LogP contribution >= 0.6 is 0 Å². The number of halogens is 1. The standard InChI is InChI=1S/C23H17FN4O3/c1-14(29)25-19-9-11-20(12-10-19)26-22(30)16-3-2-4-17(13-16)23-27-21(28-31-23)15-5-7-18(24)8-6-15/h2-13H,1H3,(H,25,29)(H,26,30). The third-order valence-corrected chi connectivity index (χ3v) is 4.36.